The lowest BCUT2D eigenvalue weighted by molar-refractivity contribution is 0.0890. The summed E-state index contributed by atoms with van der Waals surface area (Å²) >= 11 is 12.3. The Labute approximate surface area is 170 Å². The third-order valence-corrected chi connectivity index (χ3v) is 5.63. The lowest BCUT2D eigenvalue weighted by atomic mass is 10.0. The quantitative estimate of drug-likeness (QED) is 0.317. The van der Waals surface area contributed by atoms with Gasteiger partial charge in [-0.05, 0) is 41.3 Å². The van der Waals surface area contributed by atoms with Crippen molar-refractivity contribution in [3.05, 3.63) is 86.2 Å². The van der Waals surface area contributed by atoms with E-state index in [4.69, 9.17) is 32.4 Å². The molecule has 0 aliphatic carbocycles. The predicted molar refractivity (Wildman–Crippen MR) is 111 cm³/mol. The zero-order valence-corrected chi connectivity index (χ0v) is 16.3. The minimum Gasteiger partial charge on any atom is -0.478 e. The second-order valence-electron chi connectivity index (χ2n) is 6.85. The van der Waals surface area contributed by atoms with E-state index in [1.165, 1.54) is 0 Å². The Morgan fingerprint density at radius 2 is 1.79 bits per heavy atom. The predicted octanol–water partition coefficient (Wildman–Crippen LogP) is 5.61. The maximum Gasteiger partial charge on any atom is 0.344 e. The van der Waals surface area contributed by atoms with Gasteiger partial charge in [0, 0.05) is 28.5 Å². The molecule has 0 fully saturated rings. The highest BCUT2D eigenvalue weighted by molar-refractivity contribution is 6.35. The fourth-order valence-electron chi connectivity index (χ4n) is 3.69. The van der Waals surface area contributed by atoms with Crippen molar-refractivity contribution < 1.29 is 9.15 Å². The summed E-state index contributed by atoms with van der Waals surface area (Å²) in [5, 5.41) is 3.59. The van der Waals surface area contributed by atoms with E-state index in [2.05, 4.69) is 4.90 Å². The molecule has 5 rings (SSSR count). The van der Waals surface area contributed by atoms with Crippen LogP contribution in [0.15, 0.2) is 63.8 Å². The maximum absolute atomic E-state index is 12.5. The van der Waals surface area contributed by atoms with Crippen molar-refractivity contribution >= 4 is 44.9 Å². The number of hydrogen-bond donors (Lipinski definition) is 0. The molecule has 3 aromatic carbocycles. The Hall–Kier alpha value is -2.53. The van der Waals surface area contributed by atoms with E-state index < -0.39 is 0 Å². The van der Waals surface area contributed by atoms with Crippen LogP contribution in [-0.4, -0.2) is 11.6 Å². The van der Waals surface area contributed by atoms with Crippen molar-refractivity contribution in [2.45, 2.75) is 13.1 Å². The van der Waals surface area contributed by atoms with E-state index >= 15 is 0 Å². The summed E-state index contributed by atoms with van der Waals surface area (Å²) in [6.07, 6.45) is 0. The van der Waals surface area contributed by atoms with Crippen LogP contribution in [-0.2, 0) is 13.1 Å². The minimum atomic E-state index is -0.339. The summed E-state index contributed by atoms with van der Waals surface area (Å²) in [5.41, 5.74) is 2.07. The first-order valence-electron chi connectivity index (χ1n) is 8.86. The molecule has 140 valence electrons. The molecule has 4 aromatic rings. The molecule has 0 spiro atoms. The van der Waals surface area contributed by atoms with Crippen molar-refractivity contribution in [3.63, 3.8) is 0 Å². The summed E-state index contributed by atoms with van der Waals surface area (Å²) < 4.78 is 11.6. The van der Waals surface area contributed by atoms with Gasteiger partial charge in [-0.3, -0.25) is 4.90 Å². The van der Waals surface area contributed by atoms with Gasteiger partial charge in [0.05, 0.1) is 10.9 Å². The molecule has 0 atom stereocenters. The highest BCUT2D eigenvalue weighted by atomic mass is 35.5. The largest absolute Gasteiger partial charge is 0.478 e. The van der Waals surface area contributed by atoms with E-state index in [9.17, 15) is 4.79 Å². The fraction of sp³-hybridized carbons (Fsp3) is 0.136. The van der Waals surface area contributed by atoms with Crippen LogP contribution in [0.2, 0.25) is 10.0 Å². The van der Waals surface area contributed by atoms with Gasteiger partial charge < -0.3 is 9.15 Å². The van der Waals surface area contributed by atoms with Crippen molar-refractivity contribution in [2.24, 2.45) is 0 Å². The van der Waals surface area contributed by atoms with E-state index in [1.807, 2.05) is 42.5 Å². The van der Waals surface area contributed by atoms with Gasteiger partial charge in [0.15, 0.2) is 0 Å². The monoisotopic (exact) mass is 411 g/mol. The molecule has 6 heteroatoms. The number of ether oxygens (including phenoxy) is 1. The molecule has 0 saturated heterocycles. The average molecular weight is 412 g/mol. The van der Waals surface area contributed by atoms with Crippen LogP contribution in [0, 0.1) is 0 Å². The second kappa shape index (κ2) is 6.82. The minimum absolute atomic E-state index is 0.339. The Kier molecular flexibility index (Phi) is 4.27. The molecule has 1 aliphatic heterocycles. The van der Waals surface area contributed by atoms with Crippen LogP contribution < -0.4 is 10.4 Å². The first-order valence-corrected chi connectivity index (χ1v) is 9.62. The number of halogens is 2. The van der Waals surface area contributed by atoms with Gasteiger partial charge in [0.25, 0.3) is 0 Å². The lowest BCUT2D eigenvalue weighted by Gasteiger charge is -2.29. The average Bonchev–Trinajstić information content (AvgIpc) is 2.70. The van der Waals surface area contributed by atoms with Gasteiger partial charge in [0.2, 0.25) is 0 Å². The number of benzene rings is 3. The van der Waals surface area contributed by atoms with Crippen LogP contribution in [0.25, 0.3) is 21.7 Å². The summed E-state index contributed by atoms with van der Waals surface area (Å²) in [4.78, 5) is 14.6. The molecule has 0 unspecified atom stereocenters. The van der Waals surface area contributed by atoms with Crippen LogP contribution in [0.5, 0.6) is 5.75 Å². The van der Waals surface area contributed by atoms with Crippen molar-refractivity contribution in [1.82, 2.24) is 4.90 Å². The topological polar surface area (TPSA) is 42.7 Å². The van der Waals surface area contributed by atoms with Crippen molar-refractivity contribution in [2.75, 3.05) is 6.73 Å². The van der Waals surface area contributed by atoms with Crippen LogP contribution in [0.1, 0.15) is 11.1 Å². The van der Waals surface area contributed by atoms with Gasteiger partial charge >= 0.3 is 5.63 Å². The van der Waals surface area contributed by atoms with Crippen LogP contribution >= 0.6 is 23.2 Å². The molecule has 1 aromatic heterocycles. The number of nitrogens with zero attached hydrogens (tertiary/aromatic N) is 1. The Morgan fingerprint density at radius 1 is 0.964 bits per heavy atom. The molecule has 0 bridgehead atoms. The summed E-state index contributed by atoms with van der Waals surface area (Å²) in [7, 11) is 0. The standard InChI is InChI=1S/C22H15Cl2NO3/c23-14-6-5-13(19(24)9-14)10-25-11-18-20(27-12-25)8-7-16-15-3-1-2-4-17(15)22(26)28-21(16)18/h1-9H,10-12H2. The van der Waals surface area contributed by atoms with E-state index in [-0.39, 0.29) is 5.63 Å². The number of fused-ring (bicyclic) bond motifs is 5. The van der Waals surface area contributed by atoms with Gasteiger partial charge in [-0.2, -0.15) is 0 Å². The van der Waals surface area contributed by atoms with Crippen molar-refractivity contribution in [1.29, 1.82) is 0 Å². The van der Waals surface area contributed by atoms with Gasteiger partial charge in [-0.1, -0.05) is 47.5 Å². The van der Waals surface area contributed by atoms with Gasteiger partial charge in [0.1, 0.15) is 18.1 Å². The van der Waals surface area contributed by atoms with Crippen LogP contribution in [0.4, 0.5) is 0 Å². The first kappa shape index (κ1) is 17.6. The molecule has 4 nitrogen and oxygen atoms in total. The van der Waals surface area contributed by atoms with Gasteiger partial charge in [-0.15, -0.1) is 0 Å². The lowest BCUT2D eigenvalue weighted by Crippen LogP contribution is -2.31. The highest BCUT2D eigenvalue weighted by Crippen LogP contribution is 2.35. The van der Waals surface area contributed by atoms with Crippen LogP contribution in [0.3, 0.4) is 0 Å². The molecule has 0 saturated carbocycles. The zero-order chi connectivity index (χ0) is 19.3. The Morgan fingerprint density at radius 3 is 2.61 bits per heavy atom. The molecule has 0 radical (unpaired) electrons. The smallest absolute Gasteiger partial charge is 0.344 e. The van der Waals surface area contributed by atoms with Crippen molar-refractivity contribution in [3.8, 4) is 5.75 Å². The Balaban J connectivity index is 1.58. The SMILES string of the molecule is O=c1oc2c3c(ccc2c2ccccc12)OCN(Cc1ccc(Cl)cc1Cl)C3. The maximum atomic E-state index is 12.5. The van der Waals surface area contributed by atoms with E-state index in [0.717, 1.165) is 27.6 Å². The summed E-state index contributed by atoms with van der Waals surface area (Å²) in [6.45, 7) is 1.62. The fourth-order valence-corrected chi connectivity index (χ4v) is 4.16. The molecule has 0 N–H and O–H groups in total. The second-order valence-corrected chi connectivity index (χ2v) is 7.69. The Bertz CT molecular complexity index is 1280. The van der Waals surface area contributed by atoms with E-state index in [0.29, 0.717) is 40.8 Å². The first-order chi connectivity index (χ1) is 13.6. The third-order valence-electron chi connectivity index (χ3n) is 5.04. The van der Waals surface area contributed by atoms with Gasteiger partial charge in [-0.25, -0.2) is 4.79 Å². The normalized spacial score (nSPS) is 14.2. The molecular formula is C22H15Cl2NO3. The summed E-state index contributed by atoms with van der Waals surface area (Å²) in [6, 6.07) is 16.8. The number of rotatable bonds is 2. The molecule has 28 heavy (non-hydrogen) atoms. The third kappa shape index (κ3) is 2.94. The highest BCUT2D eigenvalue weighted by Gasteiger charge is 2.23. The molecule has 1 aliphatic rings. The molecule has 0 amide bonds. The number of hydrogen-bond acceptors (Lipinski definition) is 4. The van der Waals surface area contributed by atoms with E-state index in [1.54, 1.807) is 12.1 Å². The molecule has 2 heterocycles. The zero-order valence-electron chi connectivity index (χ0n) is 14.7. The molecular weight excluding hydrogens is 397 g/mol. The summed E-state index contributed by atoms with van der Waals surface area (Å²) in [5.74, 6) is 0.740.